The molecule has 3 heteroatoms. The summed E-state index contributed by atoms with van der Waals surface area (Å²) in [5.41, 5.74) is 0. The molecular formula is C12H18O2Si. The molecule has 0 bridgehead atoms. The van der Waals surface area contributed by atoms with Gasteiger partial charge in [-0.15, -0.1) is 0 Å². The number of hydrogen-bond acceptors (Lipinski definition) is 2. The summed E-state index contributed by atoms with van der Waals surface area (Å²) in [5, 5.41) is 0.185. The molecule has 0 atom stereocenters. The lowest BCUT2D eigenvalue weighted by atomic mass is 10.2. The zero-order valence-electron chi connectivity index (χ0n) is 10.0. The Labute approximate surface area is 92.8 Å². The SMILES string of the molecule is CC(C)(C)[Si](C)(C)OC#Cc1ccco1. The Bertz CT molecular complexity index is 361. The maximum Gasteiger partial charge on any atom is 0.264 e. The van der Waals surface area contributed by atoms with E-state index in [2.05, 4.69) is 45.9 Å². The Balaban J connectivity index is 2.64. The van der Waals surface area contributed by atoms with E-state index in [9.17, 15) is 0 Å². The lowest BCUT2D eigenvalue weighted by molar-refractivity contribution is 0.459. The standard InChI is InChI=1S/C12H18O2Si/c1-12(2,3)15(4,5)14-10-8-11-7-6-9-13-11/h6-7,9H,1-5H3. The zero-order valence-corrected chi connectivity index (χ0v) is 11.0. The molecule has 0 spiro atoms. The Morgan fingerprint density at radius 3 is 2.47 bits per heavy atom. The van der Waals surface area contributed by atoms with E-state index in [1.165, 1.54) is 0 Å². The minimum Gasteiger partial charge on any atom is -0.500 e. The molecule has 0 unspecified atom stereocenters. The molecular weight excluding hydrogens is 204 g/mol. The van der Waals surface area contributed by atoms with Crippen molar-refractivity contribution in [2.45, 2.75) is 38.9 Å². The third-order valence-electron chi connectivity index (χ3n) is 2.81. The first-order valence-electron chi connectivity index (χ1n) is 5.05. The molecule has 0 saturated carbocycles. The molecule has 0 N–H and O–H groups in total. The Morgan fingerprint density at radius 1 is 1.33 bits per heavy atom. The zero-order chi connectivity index (χ0) is 11.5. The first-order valence-corrected chi connectivity index (χ1v) is 7.96. The second kappa shape index (κ2) is 4.16. The van der Waals surface area contributed by atoms with Gasteiger partial charge in [0.2, 0.25) is 0 Å². The van der Waals surface area contributed by atoms with Gasteiger partial charge in [-0.1, -0.05) is 20.8 Å². The summed E-state index contributed by atoms with van der Waals surface area (Å²) >= 11 is 0. The van der Waals surface area contributed by atoms with E-state index in [4.69, 9.17) is 8.84 Å². The van der Waals surface area contributed by atoms with Crippen molar-refractivity contribution in [3.63, 3.8) is 0 Å². The maximum absolute atomic E-state index is 5.68. The van der Waals surface area contributed by atoms with Crippen molar-refractivity contribution in [3.8, 4) is 12.0 Å². The quantitative estimate of drug-likeness (QED) is 0.535. The van der Waals surface area contributed by atoms with E-state index in [0.717, 1.165) is 0 Å². The van der Waals surface area contributed by atoms with Crippen molar-refractivity contribution in [1.82, 2.24) is 0 Å². The first kappa shape index (κ1) is 11.9. The first-order chi connectivity index (χ1) is 6.83. The smallest absolute Gasteiger partial charge is 0.264 e. The van der Waals surface area contributed by atoms with Gasteiger partial charge in [-0.3, -0.25) is 0 Å². The molecule has 0 amide bonds. The molecule has 1 aromatic heterocycles. The third kappa shape index (κ3) is 3.17. The fourth-order valence-electron chi connectivity index (χ4n) is 0.706. The van der Waals surface area contributed by atoms with Crippen LogP contribution in [0.3, 0.4) is 0 Å². The minimum absolute atomic E-state index is 0.185. The van der Waals surface area contributed by atoms with Crippen molar-refractivity contribution in [1.29, 1.82) is 0 Å². The molecule has 0 fully saturated rings. The monoisotopic (exact) mass is 222 g/mol. The Hall–Kier alpha value is -1.14. The van der Waals surface area contributed by atoms with Gasteiger partial charge in [0.05, 0.1) is 6.26 Å². The second-order valence-electron chi connectivity index (χ2n) is 5.07. The van der Waals surface area contributed by atoms with Crippen LogP contribution in [-0.4, -0.2) is 8.32 Å². The number of hydrogen-bond donors (Lipinski definition) is 0. The lowest BCUT2D eigenvalue weighted by Gasteiger charge is -2.33. The van der Waals surface area contributed by atoms with Crippen molar-refractivity contribution in [3.05, 3.63) is 24.2 Å². The molecule has 1 heterocycles. The molecule has 82 valence electrons. The van der Waals surface area contributed by atoms with Crippen LogP contribution in [0.4, 0.5) is 0 Å². The predicted octanol–water partition coefficient (Wildman–Crippen LogP) is 3.61. The van der Waals surface area contributed by atoms with Gasteiger partial charge >= 0.3 is 0 Å². The van der Waals surface area contributed by atoms with Crippen molar-refractivity contribution >= 4 is 8.32 Å². The van der Waals surface area contributed by atoms with Crippen LogP contribution in [0.25, 0.3) is 0 Å². The van der Waals surface area contributed by atoms with E-state index in [0.29, 0.717) is 5.76 Å². The Morgan fingerprint density at radius 2 is 2.00 bits per heavy atom. The topological polar surface area (TPSA) is 22.4 Å². The van der Waals surface area contributed by atoms with E-state index in [-0.39, 0.29) is 5.04 Å². The average Bonchev–Trinajstić information content (AvgIpc) is 2.54. The van der Waals surface area contributed by atoms with E-state index < -0.39 is 8.32 Å². The van der Waals surface area contributed by atoms with E-state index in [1.54, 1.807) is 6.26 Å². The summed E-state index contributed by atoms with van der Waals surface area (Å²) in [5.74, 6) is 3.50. The predicted molar refractivity (Wildman–Crippen MR) is 63.9 cm³/mol. The van der Waals surface area contributed by atoms with Gasteiger partial charge in [0.1, 0.15) is 6.11 Å². The van der Waals surface area contributed by atoms with Gasteiger partial charge in [-0.2, -0.15) is 0 Å². The molecule has 0 aliphatic carbocycles. The minimum atomic E-state index is -1.75. The van der Waals surface area contributed by atoms with Crippen LogP contribution in [0.15, 0.2) is 22.8 Å². The van der Waals surface area contributed by atoms with Crippen LogP contribution in [0, 0.1) is 12.0 Å². The summed E-state index contributed by atoms with van der Waals surface area (Å²) in [4.78, 5) is 0. The second-order valence-corrected chi connectivity index (χ2v) is 9.79. The van der Waals surface area contributed by atoms with Crippen LogP contribution < -0.4 is 0 Å². The fourth-order valence-corrected chi connectivity index (χ4v) is 1.32. The van der Waals surface area contributed by atoms with E-state index in [1.807, 2.05) is 12.1 Å². The summed E-state index contributed by atoms with van der Waals surface area (Å²) in [6.45, 7) is 10.9. The van der Waals surface area contributed by atoms with E-state index >= 15 is 0 Å². The molecule has 1 rings (SSSR count). The van der Waals surface area contributed by atoms with Gasteiger partial charge < -0.3 is 8.84 Å². The van der Waals surface area contributed by atoms with Crippen molar-refractivity contribution in [2.24, 2.45) is 0 Å². The molecule has 0 aromatic carbocycles. The average molecular weight is 222 g/mol. The summed E-state index contributed by atoms with van der Waals surface area (Å²) in [6, 6.07) is 3.64. The summed E-state index contributed by atoms with van der Waals surface area (Å²) in [6.07, 6.45) is 4.36. The highest BCUT2D eigenvalue weighted by atomic mass is 28.4. The van der Waals surface area contributed by atoms with Crippen LogP contribution in [0.2, 0.25) is 18.1 Å². The van der Waals surface area contributed by atoms with Gasteiger partial charge in [0.15, 0.2) is 5.76 Å². The molecule has 0 saturated heterocycles. The molecule has 0 aliphatic rings. The highest BCUT2D eigenvalue weighted by Gasteiger charge is 2.38. The lowest BCUT2D eigenvalue weighted by Crippen LogP contribution is -2.39. The number of furan rings is 1. The van der Waals surface area contributed by atoms with Crippen LogP contribution in [0.1, 0.15) is 26.5 Å². The largest absolute Gasteiger partial charge is 0.500 e. The van der Waals surface area contributed by atoms with Gasteiger partial charge in [-0.25, -0.2) is 0 Å². The molecule has 1 aromatic rings. The third-order valence-corrected chi connectivity index (χ3v) is 7.03. The Kier molecular flexibility index (Phi) is 3.30. The van der Waals surface area contributed by atoms with Crippen LogP contribution in [-0.2, 0) is 4.43 Å². The highest BCUT2D eigenvalue weighted by Crippen LogP contribution is 2.36. The van der Waals surface area contributed by atoms with Crippen molar-refractivity contribution in [2.75, 3.05) is 0 Å². The molecule has 2 nitrogen and oxygen atoms in total. The van der Waals surface area contributed by atoms with Gasteiger partial charge in [0, 0.05) is 5.92 Å². The fraction of sp³-hybridized carbons (Fsp3) is 0.500. The highest BCUT2D eigenvalue weighted by molar-refractivity contribution is 6.74. The van der Waals surface area contributed by atoms with Gasteiger partial charge in [0.25, 0.3) is 8.32 Å². The number of rotatable bonds is 1. The molecule has 0 aliphatic heterocycles. The molecule has 0 radical (unpaired) electrons. The summed E-state index contributed by atoms with van der Waals surface area (Å²) < 4.78 is 10.8. The van der Waals surface area contributed by atoms with Crippen LogP contribution >= 0.6 is 0 Å². The van der Waals surface area contributed by atoms with Crippen molar-refractivity contribution < 1.29 is 8.84 Å². The summed E-state index contributed by atoms with van der Waals surface area (Å²) in [7, 11) is -1.75. The van der Waals surface area contributed by atoms with Crippen LogP contribution in [0.5, 0.6) is 0 Å². The normalized spacial score (nSPS) is 11.8. The molecule has 15 heavy (non-hydrogen) atoms. The maximum atomic E-state index is 5.68. The van der Waals surface area contributed by atoms with Gasteiger partial charge in [-0.05, 0) is 30.3 Å².